The Bertz CT molecular complexity index is 315. The summed E-state index contributed by atoms with van der Waals surface area (Å²) in [7, 11) is 0. The topological polar surface area (TPSA) is 46.3 Å². The molecule has 0 aromatic heterocycles. The van der Waals surface area contributed by atoms with Crippen molar-refractivity contribution in [1.82, 2.24) is 4.90 Å². The number of hydrogen-bond donors (Lipinski definition) is 1. The van der Waals surface area contributed by atoms with Crippen molar-refractivity contribution >= 4 is 5.91 Å². The minimum atomic E-state index is -0.371. The molecule has 15 heavy (non-hydrogen) atoms. The van der Waals surface area contributed by atoms with Gasteiger partial charge in [0.05, 0.1) is 0 Å². The lowest BCUT2D eigenvalue weighted by Crippen LogP contribution is -2.22. The van der Waals surface area contributed by atoms with Crippen LogP contribution in [0.2, 0.25) is 0 Å². The number of primary amides is 1. The van der Waals surface area contributed by atoms with E-state index in [4.69, 9.17) is 5.73 Å². The van der Waals surface area contributed by atoms with Crippen molar-refractivity contribution in [2.45, 2.75) is 20.4 Å². The first kappa shape index (κ1) is 11.7. The van der Waals surface area contributed by atoms with Crippen LogP contribution < -0.4 is 5.73 Å². The van der Waals surface area contributed by atoms with Gasteiger partial charge in [-0.15, -0.1) is 0 Å². The Labute approximate surface area is 90.9 Å². The van der Waals surface area contributed by atoms with E-state index in [1.807, 2.05) is 12.1 Å². The predicted octanol–water partition coefficient (Wildman–Crippen LogP) is 1.63. The molecule has 0 radical (unpaired) electrons. The molecule has 1 rings (SSSR count). The summed E-state index contributed by atoms with van der Waals surface area (Å²) < 4.78 is 0. The largest absolute Gasteiger partial charge is 0.366 e. The Hall–Kier alpha value is -1.35. The van der Waals surface area contributed by atoms with Gasteiger partial charge in [-0.1, -0.05) is 26.0 Å². The zero-order chi connectivity index (χ0) is 11.3. The first-order valence-corrected chi connectivity index (χ1v) is 5.28. The van der Waals surface area contributed by atoms with Gasteiger partial charge in [0, 0.05) is 12.1 Å². The summed E-state index contributed by atoms with van der Waals surface area (Å²) in [6, 6.07) is 7.47. The van der Waals surface area contributed by atoms with Crippen LogP contribution in [0.25, 0.3) is 0 Å². The molecule has 0 aliphatic rings. The number of hydrogen-bond acceptors (Lipinski definition) is 2. The summed E-state index contributed by atoms with van der Waals surface area (Å²) in [6.45, 7) is 7.27. The second-order valence-corrected chi connectivity index (χ2v) is 3.52. The normalized spacial score (nSPS) is 10.6. The van der Waals surface area contributed by atoms with Gasteiger partial charge in [0.15, 0.2) is 0 Å². The molecule has 0 spiro atoms. The maximum absolute atomic E-state index is 10.9. The molecule has 2 N–H and O–H groups in total. The van der Waals surface area contributed by atoms with E-state index in [9.17, 15) is 4.79 Å². The van der Waals surface area contributed by atoms with Gasteiger partial charge in [-0.05, 0) is 30.8 Å². The molecule has 1 aromatic carbocycles. The van der Waals surface area contributed by atoms with E-state index in [0.717, 1.165) is 19.6 Å². The molecule has 1 amide bonds. The molecule has 0 atom stereocenters. The van der Waals surface area contributed by atoms with Gasteiger partial charge >= 0.3 is 0 Å². The first-order valence-electron chi connectivity index (χ1n) is 5.28. The van der Waals surface area contributed by atoms with Gasteiger partial charge in [0.2, 0.25) is 5.91 Å². The minimum absolute atomic E-state index is 0.371. The molecule has 0 bridgehead atoms. The van der Waals surface area contributed by atoms with Crippen LogP contribution in [0.4, 0.5) is 0 Å². The highest BCUT2D eigenvalue weighted by Crippen LogP contribution is 2.06. The summed E-state index contributed by atoms with van der Waals surface area (Å²) in [5.41, 5.74) is 6.95. The average molecular weight is 206 g/mol. The summed E-state index contributed by atoms with van der Waals surface area (Å²) >= 11 is 0. The minimum Gasteiger partial charge on any atom is -0.366 e. The van der Waals surface area contributed by atoms with Gasteiger partial charge in [0.25, 0.3) is 0 Å². The van der Waals surface area contributed by atoms with Crippen LogP contribution in [0.15, 0.2) is 24.3 Å². The molecule has 0 aliphatic heterocycles. The predicted molar refractivity (Wildman–Crippen MR) is 61.6 cm³/mol. The number of rotatable bonds is 5. The number of nitrogens with zero attached hydrogens (tertiary/aromatic N) is 1. The fourth-order valence-corrected chi connectivity index (χ4v) is 1.48. The van der Waals surface area contributed by atoms with Crippen LogP contribution >= 0.6 is 0 Å². The zero-order valence-electron chi connectivity index (χ0n) is 9.36. The van der Waals surface area contributed by atoms with E-state index < -0.39 is 0 Å². The lowest BCUT2D eigenvalue weighted by Gasteiger charge is -2.17. The van der Waals surface area contributed by atoms with Gasteiger partial charge in [-0.25, -0.2) is 0 Å². The Morgan fingerprint density at radius 1 is 1.20 bits per heavy atom. The van der Waals surface area contributed by atoms with Crippen molar-refractivity contribution in [2.24, 2.45) is 5.73 Å². The maximum atomic E-state index is 10.9. The van der Waals surface area contributed by atoms with Gasteiger partial charge in [-0.3, -0.25) is 9.69 Å². The van der Waals surface area contributed by atoms with E-state index in [-0.39, 0.29) is 5.91 Å². The number of carbonyl (C=O) groups excluding carboxylic acids is 1. The number of benzene rings is 1. The highest BCUT2D eigenvalue weighted by atomic mass is 16.1. The molecule has 0 saturated heterocycles. The van der Waals surface area contributed by atoms with Crippen LogP contribution in [0.5, 0.6) is 0 Å². The van der Waals surface area contributed by atoms with Crippen molar-refractivity contribution < 1.29 is 4.79 Å². The second-order valence-electron chi connectivity index (χ2n) is 3.52. The molecule has 0 heterocycles. The Morgan fingerprint density at radius 3 is 2.13 bits per heavy atom. The number of carbonyl (C=O) groups is 1. The third-order valence-electron chi connectivity index (χ3n) is 2.54. The van der Waals surface area contributed by atoms with Crippen LogP contribution in [0, 0.1) is 0 Å². The van der Waals surface area contributed by atoms with Gasteiger partial charge in [0.1, 0.15) is 0 Å². The monoisotopic (exact) mass is 206 g/mol. The molecule has 3 nitrogen and oxygen atoms in total. The van der Waals surface area contributed by atoms with Crippen molar-refractivity contribution in [2.75, 3.05) is 13.1 Å². The molecule has 0 fully saturated rings. The maximum Gasteiger partial charge on any atom is 0.248 e. The molecule has 0 saturated carbocycles. The SMILES string of the molecule is CCN(CC)Cc1ccc(C(N)=O)cc1. The van der Waals surface area contributed by atoms with Crippen molar-refractivity contribution in [3.8, 4) is 0 Å². The molecule has 0 aliphatic carbocycles. The molecular weight excluding hydrogens is 188 g/mol. The van der Waals surface area contributed by atoms with Crippen LogP contribution in [0.1, 0.15) is 29.8 Å². The Balaban J connectivity index is 2.67. The first-order chi connectivity index (χ1) is 7.17. The van der Waals surface area contributed by atoms with E-state index in [1.54, 1.807) is 12.1 Å². The quantitative estimate of drug-likeness (QED) is 0.796. The highest BCUT2D eigenvalue weighted by molar-refractivity contribution is 5.92. The molecule has 0 unspecified atom stereocenters. The third-order valence-corrected chi connectivity index (χ3v) is 2.54. The Morgan fingerprint density at radius 2 is 1.73 bits per heavy atom. The fraction of sp³-hybridized carbons (Fsp3) is 0.417. The van der Waals surface area contributed by atoms with Crippen molar-refractivity contribution in [3.05, 3.63) is 35.4 Å². The molecule has 3 heteroatoms. The van der Waals surface area contributed by atoms with Crippen LogP contribution in [0.3, 0.4) is 0 Å². The Kier molecular flexibility index (Phi) is 4.31. The van der Waals surface area contributed by atoms with Gasteiger partial charge < -0.3 is 5.73 Å². The van der Waals surface area contributed by atoms with Crippen LogP contribution in [-0.2, 0) is 6.54 Å². The number of nitrogens with two attached hydrogens (primary N) is 1. The van der Waals surface area contributed by atoms with Crippen molar-refractivity contribution in [1.29, 1.82) is 0 Å². The second kappa shape index (κ2) is 5.51. The summed E-state index contributed by atoms with van der Waals surface area (Å²) in [4.78, 5) is 13.2. The van der Waals surface area contributed by atoms with E-state index >= 15 is 0 Å². The van der Waals surface area contributed by atoms with E-state index in [1.165, 1.54) is 5.56 Å². The molecular formula is C12H18N2O. The summed E-state index contributed by atoms with van der Waals surface area (Å²) in [6.07, 6.45) is 0. The third kappa shape index (κ3) is 3.36. The van der Waals surface area contributed by atoms with E-state index in [0.29, 0.717) is 5.56 Å². The van der Waals surface area contributed by atoms with Crippen LogP contribution in [-0.4, -0.2) is 23.9 Å². The van der Waals surface area contributed by atoms with Crippen molar-refractivity contribution in [3.63, 3.8) is 0 Å². The number of amides is 1. The highest BCUT2D eigenvalue weighted by Gasteiger charge is 2.02. The lowest BCUT2D eigenvalue weighted by molar-refractivity contribution is 0.100. The molecule has 82 valence electrons. The van der Waals surface area contributed by atoms with E-state index in [2.05, 4.69) is 18.7 Å². The lowest BCUT2D eigenvalue weighted by atomic mass is 10.1. The fourth-order valence-electron chi connectivity index (χ4n) is 1.48. The summed E-state index contributed by atoms with van der Waals surface area (Å²) in [5.74, 6) is -0.371. The molecule has 1 aromatic rings. The average Bonchev–Trinajstić information content (AvgIpc) is 2.26. The van der Waals surface area contributed by atoms with Gasteiger partial charge in [-0.2, -0.15) is 0 Å². The standard InChI is InChI=1S/C12H18N2O/c1-3-14(4-2)9-10-5-7-11(8-6-10)12(13)15/h5-8H,3-4,9H2,1-2H3,(H2,13,15). The smallest absolute Gasteiger partial charge is 0.248 e. The zero-order valence-corrected chi connectivity index (χ0v) is 9.36. The summed E-state index contributed by atoms with van der Waals surface area (Å²) in [5, 5.41) is 0.